The molecule has 2 rings (SSSR count). The molecule has 4 heteroatoms. The van der Waals surface area contributed by atoms with Crippen LogP contribution in [0, 0.1) is 12.8 Å². The molecule has 0 radical (unpaired) electrons. The maximum atomic E-state index is 5.03. The van der Waals surface area contributed by atoms with E-state index in [0.717, 1.165) is 44.5 Å². The van der Waals surface area contributed by atoms with Crippen molar-refractivity contribution in [1.82, 2.24) is 10.3 Å². The van der Waals surface area contributed by atoms with E-state index in [-0.39, 0.29) is 0 Å². The molecule has 0 aliphatic carbocycles. The van der Waals surface area contributed by atoms with E-state index in [9.17, 15) is 0 Å². The molecule has 0 spiro atoms. The molecule has 1 aromatic rings. The Labute approximate surface area is 122 Å². The Morgan fingerprint density at radius 2 is 2.35 bits per heavy atom. The third kappa shape index (κ3) is 4.18. The van der Waals surface area contributed by atoms with Crippen LogP contribution in [0.5, 0.6) is 0 Å². The van der Waals surface area contributed by atoms with Crippen molar-refractivity contribution in [3.05, 3.63) is 23.4 Å². The van der Waals surface area contributed by atoms with Gasteiger partial charge in [0.15, 0.2) is 0 Å². The average molecular weight is 277 g/mol. The van der Waals surface area contributed by atoms with Gasteiger partial charge in [-0.3, -0.25) is 0 Å². The summed E-state index contributed by atoms with van der Waals surface area (Å²) in [7, 11) is 1.72. The van der Waals surface area contributed by atoms with Crippen molar-refractivity contribution in [3.63, 3.8) is 0 Å². The van der Waals surface area contributed by atoms with Crippen molar-refractivity contribution in [2.75, 3.05) is 38.3 Å². The molecule has 4 nitrogen and oxygen atoms in total. The fourth-order valence-electron chi connectivity index (χ4n) is 2.84. The van der Waals surface area contributed by atoms with Gasteiger partial charge in [-0.15, -0.1) is 0 Å². The van der Waals surface area contributed by atoms with Crippen LogP contribution in [-0.4, -0.2) is 38.3 Å². The van der Waals surface area contributed by atoms with Crippen molar-refractivity contribution >= 4 is 5.82 Å². The van der Waals surface area contributed by atoms with E-state index in [2.05, 4.69) is 35.1 Å². The minimum Gasteiger partial charge on any atom is -0.383 e. The van der Waals surface area contributed by atoms with Gasteiger partial charge in [0.2, 0.25) is 0 Å². The van der Waals surface area contributed by atoms with Gasteiger partial charge in [-0.1, -0.05) is 6.92 Å². The highest BCUT2D eigenvalue weighted by atomic mass is 16.5. The summed E-state index contributed by atoms with van der Waals surface area (Å²) in [5.41, 5.74) is 2.53. The van der Waals surface area contributed by atoms with E-state index in [4.69, 9.17) is 4.74 Å². The Morgan fingerprint density at radius 1 is 1.50 bits per heavy atom. The summed E-state index contributed by atoms with van der Waals surface area (Å²) in [6.45, 7) is 9.25. The predicted molar refractivity (Wildman–Crippen MR) is 83.2 cm³/mol. The zero-order valence-corrected chi connectivity index (χ0v) is 13.0. The second kappa shape index (κ2) is 7.60. The van der Waals surface area contributed by atoms with E-state index < -0.39 is 0 Å². The molecule has 1 N–H and O–H groups in total. The number of aryl methyl sites for hydroxylation is 1. The van der Waals surface area contributed by atoms with Crippen molar-refractivity contribution in [2.45, 2.75) is 33.2 Å². The molecule has 0 saturated carbocycles. The number of aromatic nitrogens is 1. The number of nitrogens with one attached hydrogen (secondary N) is 1. The molecule has 1 aliphatic rings. The van der Waals surface area contributed by atoms with Crippen LogP contribution < -0.4 is 10.2 Å². The Kier molecular flexibility index (Phi) is 5.80. The zero-order chi connectivity index (χ0) is 14.4. The molecule has 20 heavy (non-hydrogen) atoms. The fraction of sp³-hybridized carbons (Fsp3) is 0.688. The zero-order valence-electron chi connectivity index (χ0n) is 13.0. The highest BCUT2D eigenvalue weighted by Gasteiger charge is 2.18. The summed E-state index contributed by atoms with van der Waals surface area (Å²) in [5.74, 6) is 1.94. The standard InChI is InChI=1S/C16H27N3O/c1-13-5-4-7-19(12-13)16-14(2)9-15(11-18-16)10-17-6-8-20-3/h9,11,13,17H,4-8,10,12H2,1-3H3. The van der Waals surface area contributed by atoms with E-state index in [1.54, 1.807) is 7.11 Å². The lowest BCUT2D eigenvalue weighted by molar-refractivity contribution is 0.199. The highest BCUT2D eigenvalue weighted by Crippen LogP contribution is 2.24. The third-order valence-corrected chi connectivity index (χ3v) is 3.88. The molecule has 1 fully saturated rings. The summed E-state index contributed by atoms with van der Waals surface area (Å²) in [6, 6.07) is 2.25. The molecule has 1 aromatic heterocycles. The van der Waals surface area contributed by atoms with Gasteiger partial charge in [0.25, 0.3) is 0 Å². The Balaban J connectivity index is 1.95. The largest absolute Gasteiger partial charge is 0.383 e. The van der Waals surface area contributed by atoms with Crippen LogP contribution in [0.25, 0.3) is 0 Å². The Bertz CT molecular complexity index is 422. The molecule has 1 saturated heterocycles. The molecule has 0 bridgehead atoms. The second-order valence-corrected chi connectivity index (χ2v) is 5.85. The van der Waals surface area contributed by atoms with Gasteiger partial charge in [-0.25, -0.2) is 4.98 Å². The molecule has 2 heterocycles. The second-order valence-electron chi connectivity index (χ2n) is 5.85. The van der Waals surface area contributed by atoms with E-state index >= 15 is 0 Å². The number of piperidine rings is 1. The first-order valence-electron chi connectivity index (χ1n) is 7.61. The summed E-state index contributed by atoms with van der Waals surface area (Å²) < 4.78 is 5.03. The van der Waals surface area contributed by atoms with Gasteiger partial charge >= 0.3 is 0 Å². The molecule has 0 amide bonds. The minimum atomic E-state index is 0.746. The topological polar surface area (TPSA) is 37.4 Å². The number of hydrogen-bond acceptors (Lipinski definition) is 4. The number of nitrogens with zero attached hydrogens (tertiary/aromatic N) is 2. The van der Waals surface area contributed by atoms with E-state index in [1.165, 1.54) is 24.0 Å². The first-order chi connectivity index (χ1) is 9.70. The minimum absolute atomic E-state index is 0.746. The number of methoxy groups -OCH3 is 1. The van der Waals surface area contributed by atoms with E-state index in [0.29, 0.717) is 0 Å². The lowest BCUT2D eigenvalue weighted by Gasteiger charge is -2.32. The molecular formula is C16H27N3O. The van der Waals surface area contributed by atoms with Gasteiger partial charge in [-0.05, 0) is 42.9 Å². The van der Waals surface area contributed by atoms with Gasteiger partial charge in [-0.2, -0.15) is 0 Å². The van der Waals surface area contributed by atoms with Crippen LogP contribution in [0.4, 0.5) is 5.82 Å². The number of pyridine rings is 1. The first-order valence-corrected chi connectivity index (χ1v) is 7.61. The summed E-state index contributed by atoms with van der Waals surface area (Å²) in [4.78, 5) is 7.13. The number of anilines is 1. The maximum absolute atomic E-state index is 5.03. The van der Waals surface area contributed by atoms with Crippen LogP contribution >= 0.6 is 0 Å². The van der Waals surface area contributed by atoms with Crippen LogP contribution in [0.15, 0.2) is 12.3 Å². The molecule has 1 atom stereocenters. The van der Waals surface area contributed by atoms with Crippen molar-refractivity contribution in [1.29, 1.82) is 0 Å². The lowest BCUT2D eigenvalue weighted by Crippen LogP contribution is -2.35. The third-order valence-electron chi connectivity index (χ3n) is 3.88. The Hall–Kier alpha value is -1.13. The van der Waals surface area contributed by atoms with Crippen LogP contribution in [0.3, 0.4) is 0 Å². The SMILES string of the molecule is COCCNCc1cnc(N2CCCC(C)C2)c(C)c1. The van der Waals surface area contributed by atoms with Gasteiger partial charge in [0, 0.05) is 39.5 Å². The quantitative estimate of drug-likeness (QED) is 0.810. The van der Waals surface area contributed by atoms with Crippen LogP contribution in [0.1, 0.15) is 30.9 Å². The smallest absolute Gasteiger partial charge is 0.131 e. The van der Waals surface area contributed by atoms with Crippen molar-refractivity contribution < 1.29 is 4.74 Å². The number of ether oxygens (including phenoxy) is 1. The number of hydrogen-bond donors (Lipinski definition) is 1. The molecule has 0 aromatic carbocycles. The summed E-state index contributed by atoms with van der Waals surface area (Å²) >= 11 is 0. The molecule has 1 aliphatic heterocycles. The fourth-order valence-corrected chi connectivity index (χ4v) is 2.84. The maximum Gasteiger partial charge on any atom is 0.131 e. The van der Waals surface area contributed by atoms with Crippen molar-refractivity contribution in [3.8, 4) is 0 Å². The molecule has 112 valence electrons. The van der Waals surface area contributed by atoms with Crippen molar-refractivity contribution in [2.24, 2.45) is 5.92 Å². The van der Waals surface area contributed by atoms with Gasteiger partial charge in [0.1, 0.15) is 5.82 Å². The highest BCUT2D eigenvalue weighted by molar-refractivity contribution is 5.47. The van der Waals surface area contributed by atoms with Crippen LogP contribution in [0.2, 0.25) is 0 Å². The van der Waals surface area contributed by atoms with Crippen LogP contribution in [-0.2, 0) is 11.3 Å². The Morgan fingerprint density at radius 3 is 3.05 bits per heavy atom. The van der Waals surface area contributed by atoms with Gasteiger partial charge < -0.3 is 15.0 Å². The number of rotatable bonds is 6. The summed E-state index contributed by atoms with van der Waals surface area (Å²) in [6.07, 6.45) is 4.63. The predicted octanol–water partition coefficient (Wildman–Crippen LogP) is 2.36. The molecular weight excluding hydrogens is 250 g/mol. The normalized spacial score (nSPS) is 19.4. The average Bonchev–Trinajstić information content (AvgIpc) is 2.44. The molecule has 1 unspecified atom stereocenters. The lowest BCUT2D eigenvalue weighted by atomic mass is 10.00. The van der Waals surface area contributed by atoms with E-state index in [1.807, 2.05) is 6.20 Å². The first kappa shape index (κ1) is 15.3. The monoisotopic (exact) mass is 277 g/mol. The summed E-state index contributed by atoms with van der Waals surface area (Å²) in [5, 5.41) is 3.36. The van der Waals surface area contributed by atoms with Gasteiger partial charge in [0.05, 0.1) is 6.61 Å².